The third-order valence-electron chi connectivity index (χ3n) is 0.932. The molecule has 0 rings (SSSR count). The highest BCUT2D eigenvalue weighted by Crippen LogP contribution is 1.76. The van der Waals surface area contributed by atoms with Gasteiger partial charge in [-0.25, -0.2) is 4.79 Å². The number of hydrogen-bond donors (Lipinski definition) is 1. The SMILES string of the molecule is CCCNC(=O)N(C)C.F. The zero-order valence-corrected chi connectivity index (χ0v) is 6.68. The Bertz CT molecular complexity index is 95.7. The number of carbonyl (C=O) groups excluding carboxylic acids is 1. The summed E-state index contributed by atoms with van der Waals surface area (Å²) in [6, 6.07) is -0.0168. The van der Waals surface area contributed by atoms with E-state index >= 15 is 0 Å². The maximum atomic E-state index is 10.7. The molecule has 0 saturated carbocycles. The van der Waals surface area contributed by atoms with E-state index in [1.165, 1.54) is 4.90 Å². The molecule has 2 amide bonds. The van der Waals surface area contributed by atoms with Crippen molar-refractivity contribution in [1.82, 2.24) is 10.2 Å². The maximum Gasteiger partial charge on any atom is 0.316 e. The molecule has 10 heavy (non-hydrogen) atoms. The van der Waals surface area contributed by atoms with Crippen LogP contribution in [0.15, 0.2) is 0 Å². The highest BCUT2D eigenvalue weighted by atomic mass is 19.0. The highest BCUT2D eigenvalue weighted by Gasteiger charge is 1.98. The van der Waals surface area contributed by atoms with Gasteiger partial charge in [0.1, 0.15) is 0 Å². The van der Waals surface area contributed by atoms with Crippen molar-refractivity contribution in [2.24, 2.45) is 0 Å². The molecular weight excluding hydrogens is 135 g/mol. The molecule has 0 fully saturated rings. The standard InChI is InChI=1S/C6H14N2O.FH/c1-4-5-7-6(9)8(2)3;/h4-5H2,1-3H3,(H,7,9);1H. The third-order valence-corrected chi connectivity index (χ3v) is 0.932. The lowest BCUT2D eigenvalue weighted by molar-refractivity contribution is 0.217. The van der Waals surface area contributed by atoms with Crippen molar-refractivity contribution in [2.45, 2.75) is 13.3 Å². The summed E-state index contributed by atoms with van der Waals surface area (Å²) in [6.45, 7) is 2.78. The lowest BCUT2D eigenvalue weighted by Crippen LogP contribution is -2.34. The van der Waals surface area contributed by atoms with Crippen LogP contribution in [-0.4, -0.2) is 31.6 Å². The van der Waals surface area contributed by atoms with Gasteiger partial charge in [-0.15, -0.1) is 0 Å². The minimum Gasteiger partial charge on any atom is -0.338 e. The van der Waals surface area contributed by atoms with E-state index in [1.54, 1.807) is 14.1 Å². The van der Waals surface area contributed by atoms with E-state index < -0.39 is 0 Å². The van der Waals surface area contributed by atoms with Gasteiger partial charge in [0.05, 0.1) is 0 Å². The summed E-state index contributed by atoms with van der Waals surface area (Å²) in [7, 11) is 3.45. The Morgan fingerprint density at radius 3 is 2.30 bits per heavy atom. The first kappa shape index (κ1) is 11.9. The molecule has 0 aliphatic rings. The van der Waals surface area contributed by atoms with E-state index in [1.807, 2.05) is 6.92 Å². The highest BCUT2D eigenvalue weighted by molar-refractivity contribution is 5.73. The lowest BCUT2D eigenvalue weighted by atomic mass is 10.5. The Hall–Kier alpha value is -0.800. The fourth-order valence-corrected chi connectivity index (χ4v) is 0.390. The summed E-state index contributed by atoms with van der Waals surface area (Å²) in [6.07, 6.45) is 0.986. The van der Waals surface area contributed by atoms with Crippen LogP contribution < -0.4 is 5.32 Å². The summed E-state index contributed by atoms with van der Waals surface area (Å²) in [4.78, 5) is 12.2. The quantitative estimate of drug-likeness (QED) is 0.621. The average molecular weight is 150 g/mol. The molecular formula is C6H15FN2O. The number of rotatable bonds is 2. The minimum absolute atomic E-state index is 0. The van der Waals surface area contributed by atoms with Gasteiger partial charge in [-0.1, -0.05) is 6.92 Å². The fourth-order valence-electron chi connectivity index (χ4n) is 0.390. The number of urea groups is 1. The summed E-state index contributed by atoms with van der Waals surface area (Å²) in [5.74, 6) is 0. The van der Waals surface area contributed by atoms with Crippen molar-refractivity contribution in [2.75, 3.05) is 20.6 Å². The number of halogens is 1. The average Bonchev–Trinajstić information content (AvgIpc) is 1.82. The molecule has 0 bridgehead atoms. The largest absolute Gasteiger partial charge is 0.338 e. The Balaban J connectivity index is 0. The predicted octanol–water partition coefficient (Wildman–Crippen LogP) is 0.820. The van der Waals surface area contributed by atoms with Crippen LogP contribution in [0.1, 0.15) is 13.3 Å². The van der Waals surface area contributed by atoms with Crippen molar-refractivity contribution in [3.8, 4) is 0 Å². The van der Waals surface area contributed by atoms with E-state index in [0.29, 0.717) is 0 Å². The number of hydrogen-bond acceptors (Lipinski definition) is 1. The molecule has 0 saturated heterocycles. The number of carbonyl (C=O) groups is 1. The predicted molar refractivity (Wildman–Crippen MR) is 39.9 cm³/mol. The van der Waals surface area contributed by atoms with Crippen LogP contribution in [-0.2, 0) is 0 Å². The second kappa shape index (κ2) is 6.32. The minimum atomic E-state index is -0.0168. The molecule has 0 spiro atoms. The lowest BCUT2D eigenvalue weighted by Gasteiger charge is -2.10. The van der Waals surface area contributed by atoms with Crippen molar-refractivity contribution in [1.29, 1.82) is 0 Å². The normalized spacial score (nSPS) is 7.90. The Morgan fingerprint density at radius 1 is 1.50 bits per heavy atom. The van der Waals surface area contributed by atoms with E-state index in [4.69, 9.17) is 0 Å². The molecule has 0 aliphatic carbocycles. The summed E-state index contributed by atoms with van der Waals surface area (Å²) in [5.41, 5.74) is 0. The molecule has 0 aromatic heterocycles. The molecule has 3 nitrogen and oxygen atoms in total. The third kappa shape index (κ3) is 5.34. The topological polar surface area (TPSA) is 32.3 Å². The molecule has 62 valence electrons. The number of nitrogens with one attached hydrogen (secondary N) is 1. The Morgan fingerprint density at radius 2 is 2.00 bits per heavy atom. The van der Waals surface area contributed by atoms with Crippen molar-refractivity contribution < 1.29 is 9.50 Å². The molecule has 1 N–H and O–H groups in total. The monoisotopic (exact) mass is 150 g/mol. The first-order valence-corrected chi connectivity index (χ1v) is 3.13. The molecule has 0 atom stereocenters. The van der Waals surface area contributed by atoms with Gasteiger partial charge in [-0.2, -0.15) is 0 Å². The second-order valence-electron chi connectivity index (χ2n) is 2.13. The fraction of sp³-hybridized carbons (Fsp3) is 0.833. The summed E-state index contributed by atoms with van der Waals surface area (Å²) >= 11 is 0. The van der Waals surface area contributed by atoms with Gasteiger partial charge in [0, 0.05) is 20.6 Å². The van der Waals surface area contributed by atoms with E-state index in [2.05, 4.69) is 5.32 Å². The Kier molecular flexibility index (Phi) is 7.54. The zero-order chi connectivity index (χ0) is 7.28. The molecule has 0 aliphatic heterocycles. The number of nitrogens with zero attached hydrogens (tertiary/aromatic N) is 1. The van der Waals surface area contributed by atoms with Gasteiger partial charge in [0.25, 0.3) is 0 Å². The van der Waals surface area contributed by atoms with E-state index in [9.17, 15) is 4.79 Å². The Labute approximate surface area is 60.8 Å². The summed E-state index contributed by atoms with van der Waals surface area (Å²) in [5, 5.41) is 2.72. The van der Waals surface area contributed by atoms with Crippen LogP contribution in [0.25, 0.3) is 0 Å². The molecule has 4 heteroatoms. The molecule has 0 heterocycles. The van der Waals surface area contributed by atoms with Gasteiger partial charge in [-0.05, 0) is 6.42 Å². The van der Waals surface area contributed by atoms with Crippen LogP contribution in [0, 0.1) is 0 Å². The molecule has 0 unspecified atom stereocenters. The van der Waals surface area contributed by atoms with Gasteiger partial charge in [0.15, 0.2) is 0 Å². The van der Waals surface area contributed by atoms with Crippen LogP contribution in [0.3, 0.4) is 0 Å². The van der Waals surface area contributed by atoms with Crippen LogP contribution in [0.5, 0.6) is 0 Å². The van der Waals surface area contributed by atoms with E-state index in [-0.39, 0.29) is 10.7 Å². The first-order valence-electron chi connectivity index (χ1n) is 3.13. The van der Waals surface area contributed by atoms with E-state index in [0.717, 1.165) is 13.0 Å². The van der Waals surface area contributed by atoms with Gasteiger partial charge < -0.3 is 10.2 Å². The van der Waals surface area contributed by atoms with Crippen LogP contribution >= 0.6 is 0 Å². The molecule has 0 aromatic rings. The van der Waals surface area contributed by atoms with Crippen molar-refractivity contribution in [3.05, 3.63) is 0 Å². The van der Waals surface area contributed by atoms with Crippen molar-refractivity contribution >= 4 is 6.03 Å². The van der Waals surface area contributed by atoms with Gasteiger partial charge in [-0.3, -0.25) is 4.70 Å². The second-order valence-corrected chi connectivity index (χ2v) is 2.13. The molecule has 0 radical (unpaired) electrons. The zero-order valence-electron chi connectivity index (χ0n) is 6.68. The molecule has 0 aromatic carbocycles. The maximum absolute atomic E-state index is 10.7. The number of amides is 2. The smallest absolute Gasteiger partial charge is 0.316 e. The first-order chi connectivity index (χ1) is 4.18. The van der Waals surface area contributed by atoms with Crippen molar-refractivity contribution in [3.63, 3.8) is 0 Å². The van der Waals surface area contributed by atoms with Gasteiger partial charge in [0.2, 0.25) is 0 Å². The van der Waals surface area contributed by atoms with Gasteiger partial charge >= 0.3 is 6.03 Å². The van der Waals surface area contributed by atoms with Crippen LogP contribution in [0.4, 0.5) is 9.50 Å². The summed E-state index contributed by atoms with van der Waals surface area (Å²) < 4.78 is 0. The van der Waals surface area contributed by atoms with Crippen LogP contribution in [0.2, 0.25) is 0 Å².